The van der Waals surface area contributed by atoms with Crippen LogP contribution in [0.1, 0.15) is 211 Å². The standard InChI is InChI=1S/C90H103BN4/c1-83(2,3)63-39-60(40-64(47-63)84(4,5)6)75-55-76(61-41-65(85(7,8)9)48-66(42-61)86(10,11)12)93-82(92-75)62-45-79-81-80(46-62)95(72-53-69(89(19,20)21)50-70(54-72)90(22,23)24)78-38-36-59(57-33-29-26-30-34-57)44-74(78)91(81)73-43-58(56-31-27-25-28-32-56)35-37-77(73)94(79)71-51-67(87(13,14)15)49-68(52-71)88(16,17)18/h25-55H,1-24H3. The van der Waals surface area contributed by atoms with Crippen LogP contribution in [-0.2, 0) is 43.3 Å². The first-order valence-electron chi connectivity index (χ1n) is 34.8. The number of rotatable bonds is 7. The highest BCUT2D eigenvalue weighted by atomic mass is 15.2. The van der Waals surface area contributed by atoms with Crippen LogP contribution in [0, 0.1) is 0 Å². The molecule has 0 fully saturated rings. The highest BCUT2D eigenvalue weighted by molar-refractivity contribution is 7.00. The van der Waals surface area contributed by atoms with Crippen LogP contribution in [0.15, 0.2) is 188 Å². The number of anilines is 6. The Morgan fingerprint density at radius 3 is 0.811 bits per heavy atom. The zero-order chi connectivity index (χ0) is 68.7. The van der Waals surface area contributed by atoms with Crippen molar-refractivity contribution in [2.24, 2.45) is 0 Å². The van der Waals surface area contributed by atoms with Gasteiger partial charge in [-0.2, -0.15) is 0 Å². The second-order valence-corrected chi connectivity index (χ2v) is 35.9. The van der Waals surface area contributed by atoms with Gasteiger partial charge in [-0.3, -0.25) is 0 Å². The van der Waals surface area contributed by atoms with Gasteiger partial charge in [-0.25, -0.2) is 9.97 Å². The highest BCUT2D eigenvalue weighted by Crippen LogP contribution is 2.50. The van der Waals surface area contributed by atoms with Crippen molar-refractivity contribution in [3.63, 3.8) is 0 Å². The van der Waals surface area contributed by atoms with Crippen molar-refractivity contribution < 1.29 is 0 Å². The fraction of sp³-hybridized carbons (Fsp3) is 0.356. The predicted molar refractivity (Wildman–Crippen MR) is 413 cm³/mol. The fourth-order valence-electron chi connectivity index (χ4n) is 13.7. The molecule has 3 heterocycles. The average molecular weight is 1250 g/mol. The highest BCUT2D eigenvalue weighted by Gasteiger charge is 2.45. The van der Waals surface area contributed by atoms with Crippen LogP contribution in [0.2, 0.25) is 0 Å². The summed E-state index contributed by atoms with van der Waals surface area (Å²) in [7, 11) is 0. The molecule has 0 amide bonds. The molecule has 486 valence electrons. The van der Waals surface area contributed by atoms with Crippen molar-refractivity contribution in [1.29, 1.82) is 0 Å². The van der Waals surface area contributed by atoms with E-state index in [2.05, 4.69) is 364 Å². The maximum absolute atomic E-state index is 5.96. The van der Waals surface area contributed by atoms with E-state index in [4.69, 9.17) is 9.97 Å². The molecule has 4 nitrogen and oxygen atoms in total. The van der Waals surface area contributed by atoms with Crippen molar-refractivity contribution in [2.45, 2.75) is 209 Å². The lowest BCUT2D eigenvalue weighted by Gasteiger charge is -2.45. The predicted octanol–water partition coefficient (Wildman–Crippen LogP) is 23.3. The number of fused-ring (bicyclic) bond motifs is 4. The Labute approximate surface area is 571 Å². The van der Waals surface area contributed by atoms with Crippen LogP contribution in [-0.4, -0.2) is 16.7 Å². The molecule has 0 bridgehead atoms. The number of nitrogens with zero attached hydrogens (tertiary/aromatic N) is 4. The third kappa shape index (κ3) is 13.2. The average Bonchev–Trinajstić information content (AvgIpc) is 0.693. The zero-order valence-corrected chi connectivity index (χ0v) is 61.8. The van der Waals surface area contributed by atoms with Gasteiger partial charge in [0.05, 0.1) is 11.4 Å². The van der Waals surface area contributed by atoms with E-state index < -0.39 is 0 Å². The Morgan fingerprint density at radius 1 is 0.242 bits per heavy atom. The van der Waals surface area contributed by atoms with Gasteiger partial charge in [0, 0.05) is 50.8 Å². The third-order valence-corrected chi connectivity index (χ3v) is 20.0. The summed E-state index contributed by atoms with van der Waals surface area (Å²) in [5, 5.41) is 0. The zero-order valence-electron chi connectivity index (χ0n) is 61.8. The minimum atomic E-state index is -0.186. The molecule has 0 saturated carbocycles. The normalized spacial score (nSPS) is 13.8. The van der Waals surface area contributed by atoms with Crippen LogP contribution in [0.4, 0.5) is 34.1 Å². The molecule has 0 radical (unpaired) electrons. The van der Waals surface area contributed by atoms with Crippen molar-refractivity contribution >= 4 is 57.2 Å². The summed E-state index contributed by atoms with van der Waals surface area (Å²) in [4.78, 5) is 17.2. The molecule has 10 aromatic rings. The van der Waals surface area contributed by atoms with Gasteiger partial charge in [0.1, 0.15) is 0 Å². The van der Waals surface area contributed by atoms with E-state index in [0.29, 0.717) is 5.82 Å². The van der Waals surface area contributed by atoms with Gasteiger partial charge in [-0.05, 0) is 205 Å². The molecule has 9 aromatic carbocycles. The molecule has 0 N–H and O–H groups in total. The second-order valence-electron chi connectivity index (χ2n) is 35.9. The molecule has 5 heteroatoms. The Bertz CT molecular complexity index is 4190. The molecule has 0 spiro atoms. The van der Waals surface area contributed by atoms with Gasteiger partial charge in [0.2, 0.25) is 0 Å². The lowest BCUT2D eigenvalue weighted by Crippen LogP contribution is -2.61. The first-order valence-corrected chi connectivity index (χ1v) is 34.8. The third-order valence-electron chi connectivity index (χ3n) is 20.0. The summed E-state index contributed by atoms with van der Waals surface area (Å²) in [6.45, 7) is 56.0. The van der Waals surface area contributed by atoms with Gasteiger partial charge in [-0.1, -0.05) is 275 Å². The summed E-state index contributed by atoms with van der Waals surface area (Å²) in [5.74, 6) is 0.679. The monoisotopic (exact) mass is 1250 g/mol. The Balaban J connectivity index is 1.28. The van der Waals surface area contributed by atoms with E-state index in [1.807, 2.05) is 0 Å². The fourth-order valence-corrected chi connectivity index (χ4v) is 13.7. The quantitative estimate of drug-likeness (QED) is 0.149. The van der Waals surface area contributed by atoms with E-state index in [1.54, 1.807) is 0 Å². The largest absolute Gasteiger partial charge is 0.311 e. The van der Waals surface area contributed by atoms with E-state index in [0.717, 1.165) is 62.2 Å². The van der Waals surface area contributed by atoms with Crippen molar-refractivity contribution in [3.8, 4) is 56.2 Å². The lowest BCUT2D eigenvalue weighted by atomic mass is 9.33. The van der Waals surface area contributed by atoms with Crippen LogP contribution < -0.4 is 26.2 Å². The maximum Gasteiger partial charge on any atom is 0.252 e. The Hall–Kier alpha value is -8.28. The second kappa shape index (κ2) is 23.2. The van der Waals surface area contributed by atoms with E-state index in [-0.39, 0.29) is 50.0 Å². The molecule has 0 unspecified atom stereocenters. The van der Waals surface area contributed by atoms with E-state index >= 15 is 0 Å². The van der Waals surface area contributed by atoms with Gasteiger partial charge in [0.15, 0.2) is 5.82 Å². The molecule has 2 aliphatic heterocycles. The van der Waals surface area contributed by atoms with E-state index in [9.17, 15) is 0 Å². The number of hydrogen-bond donors (Lipinski definition) is 0. The first kappa shape index (κ1) is 66.7. The summed E-state index contributed by atoms with van der Waals surface area (Å²) >= 11 is 0. The number of aromatic nitrogens is 2. The van der Waals surface area contributed by atoms with E-state index in [1.165, 1.54) is 83.1 Å². The Morgan fingerprint density at radius 2 is 0.526 bits per heavy atom. The van der Waals surface area contributed by atoms with Crippen LogP contribution in [0.5, 0.6) is 0 Å². The van der Waals surface area contributed by atoms with Crippen molar-refractivity contribution in [2.75, 3.05) is 9.80 Å². The molecule has 12 rings (SSSR count). The molecular weight excluding hydrogens is 1150 g/mol. The number of hydrogen-bond acceptors (Lipinski definition) is 4. The molecule has 1 aromatic heterocycles. The summed E-state index contributed by atoms with van der Waals surface area (Å²) < 4.78 is 0. The molecule has 0 atom stereocenters. The molecule has 95 heavy (non-hydrogen) atoms. The number of benzene rings is 9. The molecule has 0 saturated heterocycles. The Kier molecular flexibility index (Phi) is 16.3. The van der Waals surface area contributed by atoms with Gasteiger partial charge in [0.25, 0.3) is 6.71 Å². The van der Waals surface area contributed by atoms with Gasteiger partial charge < -0.3 is 9.80 Å². The maximum atomic E-state index is 5.96. The summed E-state index contributed by atoms with van der Waals surface area (Å²) in [6.07, 6.45) is 0. The lowest BCUT2D eigenvalue weighted by molar-refractivity contribution is 0.568. The van der Waals surface area contributed by atoms with Crippen LogP contribution >= 0.6 is 0 Å². The van der Waals surface area contributed by atoms with Crippen LogP contribution in [0.25, 0.3) is 56.2 Å². The van der Waals surface area contributed by atoms with Crippen molar-refractivity contribution in [1.82, 2.24) is 9.97 Å². The first-order chi connectivity index (χ1) is 44.1. The van der Waals surface area contributed by atoms with Gasteiger partial charge >= 0.3 is 0 Å². The summed E-state index contributed by atoms with van der Waals surface area (Å²) in [5.41, 5.74) is 29.5. The van der Waals surface area contributed by atoms with Crippen molar-refractivity contribution in [3.05, 3.63) is 233 Å². The minimum absolute atomic E-state index is 0.118. The molecule has 2 aliphatic rings. The van der Waals surface area contributed by atoms with Crippen LogP contribution in [0.3, 0.4) is 0 Å². The summed E-state index contributed by atoms with van der Waals surface area (Å²) in [6, 6.07) is 73.0. The topological polar surface area (TPSA) is 32.3 Å². The van der Waals surface area contributed by atoms with Gasteiger partial charge in [-0.15, -0.1) is 0 Å². The molecular formula is C90H103BN4. The molecule has 0 aliphatic carbocycles. The SMILES string of the molecule is CC(C)(C)c1cc(-c2cc(-c3cc(C(C)(C)C)cc(C(C)(C)C)c3)nc(-c3cc4c5c(c3)N(c3cc(C(C)(C)C)cc(C(C)(C)C)c3)c3ccc(-c6ccccc6)cc3B5c3cc(-c5ccccc5)ccc3N4c3cc(C(C)(C)C)cc(C(C)(C)C)c3)n2)cc(C(C)(C)C)c1. The smallest absolute Gasteiger partial charge is 0.252 e. The minimum Gasteiger partial charge on any atom is -0.311 e.